The molecule has 0 unspecified atom stereocenters. The van der Waals surface area contributed by atoms with Gasteiger partial charge in [-0.2, -0.15) is 0 Å². The lowest BCUT2D eigenvalue weighted by molar-refractivity contribution is -0.130. The zero-order valence-corrected chi connectivity index (χ0v) is 19.1. The van der Waals surface area contributed by atoms with Gasteiger partial charge in [-0.05, 0) is 42.8 Å². The number of benzene rings is 3. The summed E-state index contributed by atoms with van der Waals surface area (Å²) in [4.78, 5) is 37.6. The van der Waals surface area contributed by atoms with Crippen LogP contribution in [0.3, 0.4) is 0 Å². The summed E-state index contributed by atoms with van der Waals surface area (Å²) in [5.74, 6) is -0.168. The number of ether oxygens (including phenoxy) is 1. The molecule has 10 heteroatoms. The minimum absolute atomic E-state index is 0.216. The average molecular weight is 489 g/mol. The van der Waals surface area contributed by atoms with E-state index in [1.54, 1.807) is 41.0 Å². The molecule has 1 aliphatic heterocycles. The van der Waals surface area contributed by atoms with Crippen molar-refractivity contribution in [2.45, 2.75) is 19.1 Å². The van der Waals surface area contributed by atoms with E-state index in [0.717, 1.165) is 5.56 Å². The molecule has 9 nitrogen and oxygen atoms in total. The second-order valence-corrected chi connectivity index (χ2v) is 8.85. The number of carbonyl (C=O) groups is 2. The van der Waals surface area contributed by atoms with Gasteiger partial charge in [0.15, 0.2) is 11.4 Å². The van der Waals surface area contributed by atoms with Gasteiger partial charge in [0.25, 0.3) is 5.91 Å². The summed E-state index contributed by atoms with van der Waals surface area (Å²) in [7, 11) is 0. The molecule has 1 N–H and O–H groups in total. The highest BCUT2D eigenvalue weighted by atomic mass is 35.5. The molecule has 0 spiro atoms. The van der Waals surface area contributed by atoms with Crippen LogP contribution in [0.1, 0.15) is 18.1 Å². The maximum Gasteiger partial charge on any atom is 0.415 e. The van der Waals surface area contributed by atoms with E-state index in [-0.39, 0.29) is 12.2 Å². The van der Waals surface area contributed by atoms with E-state index in [2.05, 4.69) is 10.5 Å². The van der Waals surface area contributed by atoms with Crippen LogP contribution in [-0.4, -0.2) is 26.3 Å². The number of imide groups is 1. The molecule has 0 radical (unpaired) electrons. The van der Waals surface area contributed by atoms with Crippen LogP contribution in [0.15, 0.2) is 76.0 Å². The molecule has 5 aromatic rings. The Bertz CT molecular complexity index is 1730. The molecule has 0 saturated carbocycles. The second-order valence-electron chi connectivity index (χ2n) is 8.42. The molecule has 1 aliphatic rings. The lowest BCUT2D eigenvalue weighted by atomic mass is 9.94. The van der Waals surface area contributed by atoms with Crippen molar-refractivity contribution in [1.82, 2.24) is 19.6 Å². The van der Waals surface area contributed by atoms with E-state index in [0.29, 0.717) is 38.4 Å². The number of nitrogens with zero attached hydrogens (tertiary/aromatic N) is 3. The molecular formula is C25H17ClN4O5. The highest BCUT2D eigenvalue weighted by Crippen LogP contribution is 2.31. The fourth-order valence-electron chi connectivity index (χ4n) is 4.43. The summed E-state index contributed by atoms with van der Waals surface area (Å²) in [5, 5.41) is 7.48. The van der Waals surface area contributed by atoms with Crippen molar-refractivity contribution in [2.24, 2.45) is 0 Å². The number of hydrogen-bond donors (Lipinski definition) is 1. The number of alkyl carbamates (subject to hydrolysis) is 1. The predicted molar refractivity (Wildman–Crippen MR) is 128 cm³/mol. The molecule has 3 heterocycles. The Kier molecular flexibility index (Phi) is 4.58. The van der Waals surface area contributed by atoms with Gasteiger partial charge < -0.3 is 9.26 Å². The van der Waals surface area contributed by atoms with Gasteiger partial charge in [0.1, 0.15) is 0 Å². The number of amides is 2. The van der Waals surface area contributed by atoms with Crippen molar-refractivity contribution in [2.75, 3.05) is 0 Å². The Labute approximate surface area is 202 Å². The van der Waals surface area contributed by atoms with E-state index in [1.165, 1.54) is 11.5 Å². The summed E-state index contributed by atoms with van der Waals surface area (Å²) in [6.07, 6.45) is -0.789. The van der Waals surface area contributed by atoms with E-state index in [9.17, 15) is 14.4 Å². The Morgan fingerprint density at radius 3 is 2.57 bits per heavy atom. The molecule has 6 rings (SSSR count). The number of fused-ring (bicyclic) bond motifs is 2. The normalized spacial score (nSPS) is 17.8. The SMILES string of the molecule is C[C@]1(c2cccc(Cn3c(=O)n(-c4noc5cc(Cl)ccc45)c4ccccc43)c2)OC(=O)NC1=O. The molecule has 1 saturated heterocycles. The van der Waals surface area contributed by atoms with Gasteiger partial charge in [0.2, 0.25) is 5.60 Å². The fraction of sp³-hybridized carbons (Fsp3) is 0.120. The lowest BCUT2D eigenvalue weighted by Crippen LogP contribution is -2.33. The Morgan fingerprint density at radius 2 is 1.80 bits per heavy atom. The highest BCUT2D eigenvalue weighted by molar-refractivity contribution is 6.31. The van der Waals surface area contributed by atoms with Crippen molar-refractivity contribution in [3.05, 3.63) is 93.4 Å². The number of nitrogens with one attached hydrogen (secondary N) is 1. The molecule has 1 fully saturated rings. The Morgan fingerprint density at radius 1 is 1.00 bits per heavy atom. The summed E-state index contributed by atoms with van der Waals surface area (Å²) in [6.45, 7) is 1.75. The van der Waals surface area contributed by atoms with E-state index in [4.69, 9.17) is 20.9 Å². The molecule has 174 valence electrons. The molecule has 2 amide bonds. The third kappa shape index (κ3) is 3.23. The predicted octanol–water partition coefficient (Wildman–Crippen LogP) is 4.12. The molecule has 0 aliphatic carbocycles. The molecule has 1 atom stereocenters. The number of aromatic nitrogens is 3. The van der Waals surface area contributed by atoms with Gasteiger partial charge in [0, 0.05) is 16.7 Å². The van der Waals surface area contributed by atoms with Gasteiger partial charge in [-0.1, -0.05) is 47.1 Å². The van der Waals surface area contributed by atoms with Crippen LogP contribution in [0.2, 0.25) is 5.02 Å². The Hall–Kier alpha value is -4.37. The molecule has 0 bridgehead atoms. The van der Waals surface area contributed by atoms with Crippen molar-refractivity contribution < 1.29 is 18.8 Å². The number of imidazole rings is 1. The van der Waals surface area contributed by atoms with Crippen LogP contribution >= 0.6 is 11.6 Å². The van der Waals surface area contributed by atoms with Crippen LogP contribution in [0.5, 0.6) is 0 Å². The first-order valence-corrected chi connectivity index (χ1v) is 11.1. The first-order valence-electron chi connectivity index (χ1n) is 10.7. The maximum absolute atomic E-state index is 13.7. The Balaban J connectivity index is 1.48. The third-order valence-electron chi connectivity index (χ3n) is 6.23. The van der Waals surface area contributed by atoms with E-state index in [1.807, 2.05) is 30.3 Å². The number of halogens is 1. The van der Waals surface area contributed by atoms with Crippen LogP contribution < -0.4 is 11.0 Å². The summed E-state index contributed by atoms with van der Waals surface area (Å²) < 4.78 is 13.8. The summed E-state index contributed by atoms with van der Waals surface area (Å²) in [5.41, 5.74) is 1.35. The molecule has 3 aromatic carbocycles. The van der Waals surface area contributed by atoms with Gasteiger partial charge in [-0.15, -0.1) is 0 Å². The van der Waals surface area contributed by atoms with Crippen LogP contribution in [0, 0.1) is 0 Å². The van der Waals surface area contributed by atoms with Gasteiger partial charge in [-0.25, -0.2) is 14.2 Å². The van der Waals surface area contributed by atoms with Crippen molar-refractivity contribution in [3.8, 4) is 5.82 Å². The number of cyclic esters (lactones) is 1. The number of rotatable bonds is 4. The summed E-state index contributed by atoms with van der Waals surface area (Å²) in [6, 6.07) is 19.6. The second kappa shape index (κ2) is 7.57. The smallest absolute Gasteiger partial charge is 0.415 e. The minimum atomic E-state index is -1.44. The number of para-hydroxylation sites is 2. The largest absolute Gasteiger partial charge is 0.428 e. The average Bonchev–Trinajstić information content (AvgIpc) is 3.45. The van der Waals surface area contributed by atoms with Crippen molar-refractivity contribution in [3.63, 3.8) is 0 Å². The maximum atomic E-state index is 13.7. The summed E-state index contributed by atoms with van der Waals surface area (Å²) >= 11 is 6.07. The first kappa shape index (κ1) is 21.2. The van der Waals surface area contributed by atoms with E-state index >= 15 is 0 Å². The molecular weight excluding hydrogens is 472 g/mol. The molecule has 2 aromatic heterocycles. The van der Waals surface area contributed by atoms with Gasteiger partial charge in [0.05, 0.1) is 23.0 Å². The first-order chi connectivity index (χ1) is 16.8. The zero-order chi connectivity index (χ0) is 24.3. The zero-order valence-electron chi connectivity index (χ0n) is 18.3. The van der Waals surface area contributed by atoms with Gasteiger partial charge in [-0.3, -0.25) is 14.7 Å². The third-order valence-corrected chi connectivity index (χ3v) is 6.46. The minimum Gasteiger partial charge on any atom is -0.428 e. The number of carbonyl (C=O) groups excluding carboxylic acids is 2. The van der Waals surface area contributed by atoms with Crippen LogP contribution in [0.4, 0.5) is 4.79 Å². The highest BCUT2D eigenvalue weighted by Gasteiger charge is 2.46. The van der Waals surface area contributed by atoms with Crippen molar-refractivity contribution in [1.29, 1.82) is 0 Å². The standard InChI is InChI=1S/C25H17ClN4O5/c1-25(22(31)27-23(32)34-25)15-6-4-5-14(11-15)13-29-18-7-2-3-8-19(18)30(24(29)33)21-17-10-9-16(26)12-20(17)35-28-21/h2-12H,13H2,1H3,(H,27,31,32)/t25-/m1/s1. The van der Waals surface area contributed by atoms with Crippen LogP contribution in [0.25, 0.3) is 27.8 Å². The van der Waals surface area contributed by atoms with Crippen molar-refractivity contribution >= 4 is 45.6 Å². The lowest BCUT2D eigenvalue weighted by Gasteiger charge is -2.20. The quantitative estimate of drug-likeness (QED) is 0.407. The van der Waals surface area contributed by atoms with Gasteiger partial charge >= 0.3 is 11.8 Å². The molecule has 35 heavy (non-hydrogen) atoms. The number of hydrogen-bond acceptors (Lipinski definition) is 6. The van der Waals surface area contributed by atoms with Crippen LogP contribution in [-0.2, 0) is 21.7 Å². The fourth-order valence-corrected chi connectivity index (χ4v) is 4.60. The van der Waals surface area contributed by atoms with E-state index < -0.39 is 17.6 Å². The topological polar surface area (TPSA) is 108 Å². The monoisotopic (exact) mass is 488 g/mol.